The second-order valence-corrected chi connectivity index (χ2v) is 8.47. The van der Waals surface area contributed by atoms with Crippen LogP contribution in [0.3, 0.4) is 0 Å². The van der Waals surface area contributed by atoms with Gasteiger partial charge in [0.25, 0.3) is 0 Å². The van der Waals surface area contributed by atoms with E-state index in [2.05, 4.69) is 0 Å². The molecule has 0 fully saturated rings. The summed E-state index contributed by atoms with van der Waals surface area (Å²) in [6.07, 6.45) is 0. The molecule has 6 heteroatoms. The van der Waals surface area contributed by atoms with Gasteiger partial charge in [-0.15, -0.1) is 0 Å². The predicted molar refractivity (Wildman–Crippen MR) is 129 cm³/mol. The number of aliphatic hydroxyl groups excluding tert-OH is 1. The lowest BCUT2D eigenvalue weighted by molar-refractivity contribution is -0.112. The summed E-state index contributed by atoms with van der Waals surface area (Å²) >= 11 is 0. The predicted octanol–water partition coefficient (Wildman–Crippen LogP) is 4.75. The average Bonchev–Trinajstić information content (AvgIpc) is 2.99. The second-order valence-electron chi connectivity index (χ2n) is 8.47. The van der Waals surface area contributed by atoms with Crippen molar-refractivity contribution >= 4 is 17.3 Å². The highest BCUT2D eigenvalue weighted by Gasteiger charge is 2.39. The molecule has 0 spiro atoms. The molecule has 172 valence electrons. The van der Waals surface area contributed by atoms with E-state index in [1.165, 1.54) is 19.2 Å². The minimum absolute atomic E-state index is 0.0178. The number of hydrogen-bond donors (Lipinski definition) is 2. The molecular formula is C28H24O6. The number of aromatic hydroxyl groups is 1. The number of allylic oxidation sites excluding steroid dienone is 1. The van der Waals surface area contributed by atoms with Gasteiger partial charge in [-0.3, -0.25) is 14.4 Å². The molecule has 4 rings (SSSR count). The number of Topliss-reactive ketones (excluding diaryl/α,β-unsaturated/α-hetero) is 2. The molecule has 0 aliphatic heterocycles. The SMILES string of the molecule is COc1ccc(C(C2=C(O)c3ccccc3C(=O)C2=O)c2ccc(C(C)C)cc(=O)c2O)cc1. The Morgan fingerprint density at radius 3 is 2.00 bits per heavy atom. The van der Waals surface area contributed by atoms with Crippen LogP contribution in [0.1, 0.15) is 58.3 Å². The van der Waals surface area contributed by atoms with Crippen molar-refractivity contribution in [1.82, 2.24) is 0 Å². The first-order valence-electron chi connectivity index (χ1n) is 10.9. The van der Waals surface area contributed by atoms with Crippen LogP contribution in [0.15, 0.2) is 77.1 Å². The fourth-order valence-electron chi connectivity index (χ4n) is 4.22. The largest absolute Gasteiger partial charge is 0.507 e. The smallest absolute Gasteiger partial charge is 0.234 e. The summed E-state index contributed by atoms with van der Waals surface area (Å²) in [4.78, 5) is 39.1. The van der Waals surface area contributed by atoms with Gasteiger partial charge in [0.05, 0.1) is 12.7 Å². The summed E-state index contributed by atoms with van der Waals surface area (Å²) in [7, 11) is 1.52. The lowest BCUT2D eigenvalue weighted by Gasteiger charge is -2.25. The van der Waals surface area contributed by atoms with Crippen molar-refractivity contribution in [1.29, 1.82) is 0 Å². The number of hydrogen-bond acceptors (Lipinski definition) is 6. The minimum atomic E-state index is -1.07. The molecular weight excluding hydrogens is 432 g/mol. The van der Waals surface area contributed by atoms with Crippen molar-refractivity contribution < 1.29 is 24.5 Å². The van der Waals surface area contributed by atoms with Gasteiger partial charge >= 0.3 is 0 Å². The first-order valence-corrected chi connectivity index (χ1v) is 10.9. The lowest BCUT2D eigenvalue weighted by atomic mass is 9.76. The van der Waals surface area contributed by atoms with Crippen LogP contribution < -0.4 is 10.2 Å². The maximum absolute atomic E-state index is 13.3. The Hall–Kier alpha value is -4.19. The highest BCUT2D eigenvalue weighted by molar-refractivity contribution is 6.52. The second kappa shape index (κ2) is 8.98. The fraction of sp³-hybridized carbons (Fsp3) is 0.179. The number of fused-ring (bicyclic) bond motifs is 1. The summed E-state index contributed by atoms with van der Waals surface area (Å²) in [5, 5.41) is 22.1. The van der Waals surface area contributed by atoms with E-state index in [-0.39, 0.29) is 33.9 Å². The third-order valence-corrected chi connectivity index (χ3v) is 6.11. The van der Waals surface area contributed by atoms with Gasteiger partial charge < -0.3 is 14.9 Å². The monoisotopic (exact) mass is 456 g/mol. The van der Waals surface area contributed by atoms with Crippen molar-refractivity contribution in [3.05, 3.63) is 110 Å². The van der Waals surface area contributed by atoms with Crippen molar-refractivity contribution in [2.45, 2.75) is 25.7 Å². The van der Waals surface area contributed by atoms with E-state index >= 15 is 0 Å². The molecule has 0 radical (unpaired) electrons. The van der Waals surface area contributed by atoms with E-state index in [4.69, 9.17) is 4.74 Å². The van der Waals surface area contributed by atoms with Crippen LogP contribution in [-0.4, -0.2) is 28.9 Å². The van der Waals surface area contributed by atoms with E-state index in [0.29, 0.717) is 16.9 Å². The number of ether oxygens (including phenoxy) is 1. The maximum atomic E-state index is 13.3. The van der Waals surface area contributed by atoms with Crippen LogP contribution >= 0.6 is 0 Å². The first-order chi connectivity index (χ1) is 16.2. The molecule has 0 bridgehead atoms. The molecule has 0 saturated carbocycles. The summed E-state index contributed by atoms with van der Waals surface area (Å²) in [5.41, 5.74) is 0.842. The van der Waals surface area contributed by atoms with Crippen molar-refractivity contribution in [3.8, 4) is 11.5 Å². The molecule has 6 nitrogen and oxygen atoms in total. The molecule has 2 N–H and O–H groups in total. The molecule has 1 unspecified atom stereocenters. The number of aliphatic hydroxyl groups is 1. The topological polar surface area (TPSA) is 101 Å². The zero-order valence-electron chi connectivity index (χ0n) is 19.0. The number of carbonyl (C=O) groups excluding carboxylic acids is 2. The quantitative estimate of drug-likeness (QED) is 0.538. The molecule has 0 saturated heterocycles. The first kappa shape index (κ1) is 23.0. The fourth-order valence-corrected chi connectivity index (χ4v) is 4.22. The Kier molecular flexibility index (Phi) is 6.07. The Morgan fingerprint density at radius 1 is 0.765 bits per heavy atom. The molecule has 34 heavy (non-hydrogen) atoms. The third-order valence-electron chi connectivity index (χ3n) is 6.11. The standard InChI is InChI=1S/C28H24O6/c1-15(2)17-10-13-21(25(30)22(29)14-17)23(16-8-11-18(34-3)12-9-16)24-26(31)19-6-4-5-7-20(19)27(32)28(24)33/h4-15,23,31H,1-3H3,(H,29,30). The number of ketones is 2. The zero-order valence-corrected chi connectivity index (χ0v) is 19.0. The van der Waals surface area contributed by atoms with Gasteiger partial charge in [0.1, 0.15) is 11.5 Å². The van der Waals surface area contributed by atoms with E-state index in [1.807, 2.05) is 13.8 Å². The van der Waals surface area contributed by atoms with Gasteiger partial charge in [-0.25, -0.2) is 0 Å². The van der Waals surface area contributed by atoms with Crippen molar-refractivity contribution in [2.24, 2.45) is 0 Å². The van der Waals surface area contributed by atoms with Crippen molar-refractivity contribution in [2.75, 3.05) is 7.11 Å². The van der Waals surface area contributed by atoms with Gasteiger partial charge in [0.15, 0.2) is 5.75 Å². The van der Waals surface area contributed by atoms with Crippen LogP contribution in [0.5, 0.6) is 11.5 Å². The zero-order chi connectivity index (χ0) is 24.6. The van der Waals surface area contributed by atoms with Crippen molar-refractivity contribution in [3.63, 3.8) is 0 Å². The van der Waals surface area contributed by atoms with E-state index in [9.17, 15) is 24.6 Å². The van der Waals surface area contributed by atoms with Gasteiger partial charge in [-0.05, 0) is 35.2 Å². The number of methoxy groups -OCH3 is 1. The van der Waals surface area contributed by atoms with E-state index in [1.54, 1.807) is 54.6 Å². The Labute approximate surface area is 196 Å². The van der Waals surface area contributed by atoms with Crippen LogP contribution in [0, 0.1) is 0 Å². The summed E-state index contributed by atoms with van der Waals surface area (Å²) in [6.45, 7) is 3.84. The van der Waals surface area contributed by atoms with Gasteiger partial charge in [-0.2, -0.15) is 0 Å². The molecule has 3 aromatic rings. The normalized spacial score (nSPS) is 14.2. The minimum Gasteiger partial charge on any atom is -0.507 e. The number of carbonyl (C=O) groups is 2. The summed E-state index contributed by atoms with van der Waals surface area (Å²) < 4.78 is 5.22. The van der Waals surface area contributed by atoms with Gasteiger partial charge in [-0.1, -0.05) is 62.4 Å². The Balaban J connectivity index is 2.06. The Morgan fingerprint density at radius 2 is 1.38 bits per heavy atom. The molecule has 1 aliphatic rings. The number of benzene rings is 2. The van der Waals surface area contributed by atoms with E-state index < -0.39 is 28.7 Å². The molecule has 0 aromatic heterocycles. The van der Waals surface area contributed by atoms with Crippen LogP contribution in [0.4, 0.5) is 0 Å². The average molecular weight is 456 g/mol. The Bertz CT molecular complexity index is 1380. The summed E-state index contributed by atoms with van der Waals surface area (Å²) in [6, 6.07) is 17.6. The highest BCUT2D eigenvalue weighted by atomic mass is 16.5. The molecule has 3 aromatic carbocycles. The molecule has 1 atom stereocenters. The van der Waals surface area contributed by atoms with Crippen LogP contribution in [-0.2, 0) is 4.79 Å². The number of rotatable bonds is 5. The van der Waals surface area contributed by atoms with Crippen LogP contribution in [0.2, 0.25) is 0 Å². The maximum Gasteiger partial charge on any atom is 0.234 e. The lowest BCUT2D eigenvalue weighted by Crippen LogP contribution is -2.28. The molecule has 0 amide bonds. The third kappa shape index (κ3) is 3.88. The van der Waals surface area contributed by atoms with Gasteiger partial charge in [0, 0.05) is 22.6 Å². The molecule has 0 heterocycles. The van der Waals surface area contributed by atoms with E-state index in [0.717, 1.165) is 0 Å². The molecule has 1 aliphatic carbocycles. The van der Waals surface area contributed by atoms with Gasteiger partial charge in [0.2, 0.25) is 17.0 Å². The highest BCUT2D eigenvalue weighted by Crippen LogP contribution is 2.42. The summed E-state index contributed by atoms with van der Waals surface area (Å²) in [5.74, 6) is -3.05. The van der Waals surface area contributed by atoms with Crippen LogP contribution in [0.25, 0.3) is 5.76 Å².